The van der Waals surface area contributed by atoms with Gasteiger partial charge in [-0.2, -0.15) is 26.3 Å². The number of carboxylic acid groups (broad SMARTS) is 1. The van der Waals surface area contributed by atoms with Crippen molar-refractivity contribution in [3.63, 3.8) is 0 Å². The number of hydrogen-bond acceptors (Lipinski definition) is 15. The normalized spacial score (nSPS) is 11.9. The Morgan fingerprint density at radius 1 is 0.534 bits per heavy atom. The topological polar surface area (TPSA) is 279 Å². The van der Waals surface area contributed by atoms with Crippen LogP contribution >= 0.6 is 45.3 Å². The molecule has 28 heteroatoms. The van der Waals surface area contributed by atoms with Gasteiger partial charge in [0.1, 0.15) is 33.3 Å². The zero-order valence-electron chi connectivity index (χ0n) is 37.1. The Labute approximate surface area is 424 Å². The molecule has 0 saturated carbocycles. The molecule has 0 aliphatic carbocycles. The minimum atomic E-state index is -5.00. The fraction of sp³-hybridized carbons (Fsp3) is 0.200. The van der Waals surface area contributed by atoms with Gasteiger partial charge < -0.3 is 52.0 Å². The van der Waals surface area contributed by atoms with Crippen molar-refractivity contribution in [1.82, 2.24) is 31.9 Å². The Morgan fingerprint density at radius 3 is 1.29 bits per heavy atom. The molecule has 0 radical (unpaired) electrons. The van der Waals surface area contributed by atoms with E-state index in [1.54, 1.807) is 35.0 Å². The molecule has 0 spiro atoms. The molecule has 73 heavy (non-hydrogen) atoms. The van der Waals surface area contributed by atoms with Crippen LogP contribution in [0.1, 0.15) is 80.3 Å². The molecule has 2 aromatic carbocycles. The molecule has 2 atom stereocenters. The first-order valence-electron chi connectivity index (χ1n) is 20.5. The summed E-state index contributed by atoms with van der Waals surface area (Å²) >= 11 is 2.76. The lowest BCUT2D eigenvalue weighted by molar-refractivity contribution is -0.143. The third-order valence-corrected chi connectivity index (χ3v) is 13.5. The summed E-state index contributed by atoms with van der Waals surface area (Å²) in [4.78, 5) is 96.2. The van der Waals surface area contributed by atoms with Crippen molar-refractivity contribution in [2.24, 2.45) is 0 Å². The number of phenolic OH excluding ortho intramolecular Hbond substituents is 2. The van der Waals surface area contributed by atoms with Crippen LogP contribution in [0.4, 0.5) is 26.3 Å². The molecule has 6 amide bonds. The van der Waals surface area contributed by atoms with Gasteiger partial charge in [-0.3, -0.25) is 28.8 Å². The van der Waals surface area contributed by atoms with E-state index >= 15 is 0 Å². The first kappa shape index (κ1) is 56.1. The number of halogens is 6. The number of aliphatic carboxylic acids is 1. The zero-order valence-corrected chi connectivity index (χ0v) is 40.4. The number of rotatable bonds is 18. The second kappa shape index (κ2) is 25.0. The summed E-state index contributed by atoms with van der Waals surface area (Å²) in [6.07, 6.45) is -9.97. The van der Waals surface area contributed by atoms with Crippen LogP contribution in [0, 0.1) is 0 Å². The van der Waals surface area contributed by atoms with Crippen molar-refractivity contribution in [2.45, 2.75) is 37.5 Å². The number of esters is 1. The molecular weight excluding hydrogens is 1060 g/mol. The van der Waals surface area contributed by atoms with Crippen LogP contribution in [0.5, 0.6) is 11.5 Å². The number of nitrogens with one attached hydrogen (secondary N) is 6. The number of thiophene rings is 4. The maximum absolute atomic E-state index is 13.7. The Balaban J connectivity index is 0.000000271. The van der Waals surface area contributed by atoms with Gasteiger partial charge in [0, 0.05) is 26.2 Å². The third-order valence-electron chi connectivity index (χ3n) is 9.48. The Hall–Kier alpha value is -7.82. The van der Waals surface area contributed by atoms with Crippen molar-refractivity contribution in [3.8, 4) is 11.5 Å². The van der Waals surface area contributed by atoms with Crippen LogP contribution in [0.2, 0.25) is 0 Å². The van der Waals surface area contributed by atoms with Gasteiger partial charge in [-0.1, -0.05) is 36.4 Å². The maximum atomic E-state index is 13.7. The summed E-state index contributed by atoms with van der Waals surface area (Å²) in [6, 6.07) is 15.9. The number of carbonyl (C=O) groups excluding carboxylic acids is 7. The minimum Gasteiger partial charge on any atom is -0.508 e. The molecule has 18 nitrogen and oxygen atoms in total. The number of ether oxygens (including phenoxy) is 1. The smallest absolute Gasteiger partial charge is 0.418 e. The van der Waals surface area contributed by atoms with Crippen LogP contribution in [-0.2, 0) is 39.8 Å². The largest absolute Gasteiger partial charge is 0.508 e. The molecule has 4 heterocycles. The summed E-state index contributed by atoms with van der Waals surface area (Å²) in [5.74, 6) is -8.24. The van der Waals surface area contributed by atoms with Crippen molar-refractivity contribution in [3.05, 3.63) is 147 Å². The predicted octanol–water partition coefficient (Wildman–Crippen LogP) is 6.24. The van der Waals surface area contributed by atoms with E-state index in [9.17, 15) is 80.0 Å². The van der Waals surface area contributed by atoms with Gasteiger partial charge in [-0.25, -0.2) is 9.59 Å². The zero-order chi connectivity index (χ0) is 53.6. The van der Waals surface area contributed by atoms with Gasteiger partial charge in [0.2, 0.25) is 0 Å². The third kappa shape index (κ3) is 16.1. The maximum Gasteiger partial charge on any atom is 0.418 e. The first-order chi connectivity index (χ1) is 34.4. The van der Waals surface area contributed by atoms with Gasteiger partial charge in [0.05, 0.1) is 37.7 Å². The van der Waals surface area contributed by atoms with Crippen molar-refractivity contribution in [2.75, 3.05) is 20.2 Å². The second-order valence-electron chi connectivity index (χ2n) is 14.7. The average Bonchev–Trinajstić information content (AvgIpc) is 4.19. The van der Waals surface area contributed by atoms with Crippen molar-refractivity contribution >= 4 is 92.7 Å². The Bertz CT molecular complexity index is 2960. The first-order valence-corrected chi connectivity index (χ1v) is 23.9. The number of hydrogen-bond donors (Lipinski definition) is 9. The number of phenols is 2. The van der Waals surface area contributed by atoms with Gasteiger partial charge in [-0.15, -0.1) is 45.3 Å². The number of benzene rings is 2. The van der Waals surface area contributed by atoms with E-state index in [1.807, 2.05) is 5.32 Å². The summed E-state index contributed by atoms with van der Waals surface area (Å²) in [5.41, 5.74) is -1.77. The van der Waals surface area contributed by atoms with E-state index in [0.717, 1.165) is 29.8 Å². The fourth-order valence-electron chi connectivity index (χ4n) is 6.00. The lowest BCUT2D eigenvalue weighted by atomic mass is 10.2. The van der Waals surface area contributed by atoms with Crippen LogP contribution in [0.25, 0.3) is 0 Å². The minimum absolute atomic E-state index is 0.0482. The van der Waals surface area contributed by atoms with Crippen molar-refractivity contribution in [1.29, 1.82) is 0 Å². The Morgan fingerprint density at radius 2 is 0.932 bits per heavy atom. The lowest BCUT2D eigenvalue weighted by Crippen LogP contribution is -2.49. The quantitative estimate of drug-likeness (QED) is 0.0342. The molecule has 0 aliphatic heterocycles. The number of carboxylic acids is 1. The summed E-state index contributed by atoms with van der Waals surface area (Å²) in [7, 11) is 1.02. The van der Waals surface area contributed by atoms with Gasteiger partial charge in [0.15, 0.2) is 0 Å². The van der Waals surface area contributed by atoms with E-state index in [-0.39, 0.29) is 40.8 Å². The number of alkyl halides is 6. The van der Waals surface area contributed by atoms with Crippen molar-refractivity contribution < 1.29 is 84.8 Å². The van der Waals surface area contributed by atoms with Gasteiger partial charge in [-0.05, 0) is 70.4 Å². The highest BCUT2D eigenvalue weighted by Gasteiger charge is 2.40. The van der Waals surface area contributed by atoms with E-state index in [0.29, 0.717) is 39.5 Å². The van der Waals surface area contributed by atoms with Crippen LogP contribution in [0.15, 0.2) is 95.7 Å². The highest BCUT2D eigenvalue weighted by atomic mass is 32.1. The molecule has 6 rings (SSSR count). The number of carbonyl (C=O) groups is 8. The molecule has 0 fully saturated rings. The van der Waals surface area contributed by atoms with E-state index < -0.39 is 116 Å². The molecule has 0 aliphatic rings. The molecule has 0 saturated heterocycles. The number of aromatic hydroxyl groups is 2. The van der Waals surface area contributed by atoms with Crippen LogP contribution in [-0.4, -0.2) is 95.0 Å². The van der Waals surface area contributed by atoms with Crippen LogP contribution < -0.4 is 31.9 Å². The van der Waals surface area contributed by atoms with E-state index in [4.69, 9.17) is 0 Å². The average molecular weight is 1100 g/mol. The summed E-state index contributed by atoms with van der Waals surface area (Å²) < 4.78 is 86.4. The summed E-state index contributed by atoms with van der Waals surface area (Å²) in [5, 5.41) is 45.3. The van der Waals surface area contributed by atoms with Gasteiger partial charge in [0.25, 0.3) is 35.4 Å². The second-order valence-corrected chi connectivity index (χ2v) is 18.7. The monoisotopic (exact) mass is 1100 g/mol. The molecule has 6 aromatic rings. The van der Waals surface area contributed by atoms with Crippen LogP contribution in [0.3, 0.4) is 0 Å². The molecule has 4 aromatic heterocycles. The molecule has 0 bridgehead atoms. The van der Waals surface area contributed by atoms with E-state index in [1.165, 1.54) is 48.5 Å². The lowest BCUT2D eigenvalue weighted by Gasteiger charge is -2.17. The Kier molecular flexibility index (Phi) is 19.2. The molecule has 386 valence electrons. The predicted molar refractivity (Wildman–Crippen MR) is 253 cm³/mol. The number of methoxy groups -OCH3 is 1. The molecular formula is C45H38F6N6O12S4. The highest BCUT2D eigenvalue weighted by Crippen LogP contribution is 2.38. The fourth-order valence-corrected chi connectivity index (χ4v) is 9.27. The SMILES string of the molecule is COC(=O)[C@H](CNC(=O)c1cccs1)NC(=O)c1sc(C(=O)NCc2cccc(O)c2)cc1C(F)(F)F.O=C(NC[C@H](NC(=O)c1sc(C(=O)NCc2cccc(O)c2)cc1C(F)(F)F)C(=O)O)c1cccs1. The molecule has 0 unspecified atom stereocenters. The standard InChI is InChI=1S/C23H20F3N3O6S2.C22H18F3N3O6S2/c1-35-22(34)15(11-28-19(31)16-6-3-7-36-16)29-21(33)18-14(23(24,25)26)9-17(37-18)20(32)27-10-12-4-2-5-13(30)8-12;23-22(24,25)13-8-16(19(31)26-9-11-3-1-4-12(29)7-11)36-17(13)20(32)28-14(21(33)34)10-27-18(30)15-5-2-6-35-15/h2-9,15,30H,10-11H2,1H3,(H,27,32)(H,28,31)(H,29,33);1-8,14,29H,9-10H2,(H,26,31)(H,27,30)(H,28,32)(H,33,34)/t15-;14-/m00/s1. The van der Waals surface area contributed by atoms with Gasteiger partial charge >= 0.3 is 24.3 Å². The van der Waals surface area contributed by atoms with E-state index in [2.05, 4.69) is 31.3 Å². The number of amides is 6. The highest BCUT2D eigenvalue weighted by molar-refractivity contribution is 7.16. The summed E-state index contributed by atoms with van der Waals surface area (Å²) in [6.45, 7) is -1.21. The molecule has 9 N–H and O–H groups in total.